The highest BCUT2D eigenvalue weighted by Crippen LogP contribution is 2.15. The van der Waals surface area contributed by atoms with Gasteiger partial charge in [0.15, 0.2) is 5.78 Å². The van der Waals surface area contributed by atoms with E-state index in [-0.39, 0.29) is 5.78 Å². The van der Waals surface area contributed by atoms with Gasteiger partial charge in [-0.1, -0.05) is 54.6 Å². The molecule has 0 aliphatic rings. The minimum atomic E-state index is 0.0766. The fourth-order valence-electron chi connectivity index (χ4n) is 2.03. The summed E-state index contributed by atoms with van der Waals surface area (Å²) < 4.78 is 5.37. The van der Waals surface area contributed by atoms with Crippen LogP contribution in [-0.2, 0) is 11.2 Å². The molecule has 0 bridgehead atoms. The van der Waals surface area contributed by atoms with E-state index in [1.54, 1.807) is 0 Å². The third-order valence-corrected chi connectivity index (χ3v) is 3.02. The average Bonchev–Trinajstić information content (AvgIpc) is 2.48. The first-order valence-corrected chi connectivity index (χ1v) is 6.58. The number of carbonyl (C=O) groups is 1. The molecule has 0 unspecified atom stereocenters. The molecule has 0 atom stereocenters. The van der Waals surface area contributed by atoms with Crippen LogP contribution in [-0.4, -0.2) is 19.0 Å². The van der Waals surface area contributed by atoms with E-state index >= 15 is 0 Å². The summed E-state index contributed by atoms with van der Waals surface area (Å²) in [6, 6.07) is 17.1. The second-order valence-corrected chi connectivity index (χ2v) is 4.30. The topological polar surface area (TPSA) is 26.3 Å². The maximum absolute atomic E-state index is 12.5. The lowest BCUT2D eigenvalue weighted by atomic mass is 9.97. The number of rotatable bonds is 6. The third-order valence-electron chi connectivity index (χ3n) is 3.02. The van der Waals surface area contributed by atoms with Crippen molar-refractivity contribution in [2.45, 2.75) is 13.3 Å². The first-order chi connectivity index (χ1) is 9.33. The monoisotopic (exact) mass is 254 g/mol. The number of hydrogen-bond acceptors (Lipinski definition) is 2. The summed E-state index contributed by atoms with van der Waals surface area (Å²) in [6.45, 7) is 3.32. The molecule has 0 spiro atoms. The van der Waals surface area contributed by atoms with Gasteiger partial charge in [-0.05, 0) is 18.9 Å². The molecule has 0 radical (unpaired) electrons. The molecule has 2 heteroatoms. The summed E-state index contributed by atoms with van der Waals surface area (Å²) in [5.74, 6) is 0.0766. The van der Waals surface area contributed by atoms with Crippen LogP contribution >= 0.6 is 0 Å². The van der Waals surface area contributed by atoms with E-state index in [1.165, 1.54) is 0 Å². The molecule has 0 N–H and O–H groups in total. The van der Waals surface area contributed by atoms with Gasteiger partial charge in [-0.25, -0.2) is 0 Å². The van der Waals surface area contributed by atoms with E-state index in [1.807, 2.05) is 61.5 Å². The highest BCUT2D eigenvalue weighted by atomic mass is 16.5. The van der Waals surface area contributed by atoms with Gasteiger partial charge < -0.3 is 4.74 Å². The van der Waals surface area contributed by atoms with Gasteiger partial charge in [-0.2, -0.15) is 0 Å². The van der Waals surface area contributed by atoms with Crippen molar-refractivity contribution in [1.82, 2.24) is 0 Å². The van der Waals surface area contributed by atoms with Crippen LogP contribution in [0.4, 0.5) is 0 Å². The van der Waals surface area contributed by atoms with Gasteiger partial charge in [0.05, 0.1) is 6.61 Å². The Morgan fingerprint density at radius 3 is 2.42 bits per heavy atom. The van der Waals surface area contributed by atoms with Gasteiger partial charge in [-0.3, -0.25) is 4.79 Å². The predicted octanol–water partition coefficient (Wildman–Crippen LogP) is 3.50. The van der Waals surface area contributed by atoms with Gasteiger partial charge in [0.2, 0.25) is 0 Å². The van der Waals surface area contributed by atoms with Crippen LogP contribution in [0.25, 0.3) is 0 Å². The van der Waals surface area contributed by atoms with Crippen molar-refractivity contribution in [3.05, 3.63) is 71.3 Å². The lowest BCUT2D eigenvalue weighted by Gasteiger charge is -2.08. The number of benzene rings is 2. The molecule has 2 aromatic rings. The number of carbonyl (C=O) groups excluding carboxylic acids is 1. The summed E-state index contributed by atoms with van der Waals surface area (Å²) in [5.41, 5.74) is 2.55. The normalized spacial score (nSPS) is 10.4. The fraction of sp³-hybridized carbons (Fsp3) is 0.235. The highest BCUT2D eigenvalue weighted by Gasteiger charge is 2.12. The molecule has 0 saturated carbocycles. The Kier molecular flexibility index (Phi) is 4.87. The maximum Gasteiger partial charge on any atom is 0.193 e. The molecule has 19 heavy (non-hydrogen) atoms. The summed E-state index contributed by atoms with van der Waals surface area (Å²) in [7, 11) is 0. The molecular weight excluding hydrogens is 236 g/mol. The van der Waals surface area contributed by atoms with Gasteiger partial charge in [0.1, 0.15) is 0 Å². The van der Waals surface area contributed by atoms with E-state index < -0.39 is 0 Å². The molecule has 2 aromatic carbocycles. The molecule has 2 nitrogen and oxygen atoms in total. The van der Waals surface area contributed by atoms with Gasteiger partial charge in [-0.15, -0.1) is 0 Å². The Hall–Kier alpha value is -1.93. The summed E-state index contributed by atoms with van der Waals surface area (Å²) >= 11 is 0. The van der Waals surface area contributed by atoms with E-state index in [0.29, 0.717) is 13.2 Å². The second kappa shape index (κ2) is 6.86. The van der Waals surface area contributed by atoms with Crippen LogP contribution in [0.2, 0.25) is 0 Å². The largest absolute Gasteiger partial charge is 0.381 e. The minimum absolute atomic E-state index is 0.0766. The van der Waals surface area contributed by atoms with Crippen molar-refractivity contribution in [2.75, 3.05) is 13.2 Å². The van der Waals surface area contributed by atoms with E-state index in [2.05, 4.69) is 0 Å². The molecule has 2 rings (SSSR count). The zero-order valence-corrected chi connectivity index (χ0v) is 11.1. The Labute approximate surface area is 114 Å². The number of ketones is 1. The van der Waals surface area contributed by atoms with Crippen LogP contribution in [0, 0.1) is 0 Å². The van der Waals surface area contributed by atoms with Crippen LogP contribution in [0.5, 0.6) is 0 Å². The molecule has 0 fully saturated rings. The van der Waals surface area contributed by atoms with Gasteiger partial charge in [0, 0.05) is 17.7 Å². The van der Waals surface area contributed by atoms with Crippen LogP contribution in [0.15, 0.2) is 54.6 Å². The van der Waals surface area contributed by atoms with Crippen LogP contribution in [0.3, 0.4) is 0 Å². The fourth-order valence-corrected chi connectivity index (χ4v) is 2.03. The predicted molar refractivity (Wildman–Crippen MR) is 76.5 cm³/mol. The lowest BCUT2D eigenvalue weighted by molar-refractivity contribution is 0.103. The molecule has 0 aromatic heterocycles. The Morgan fingerprint density at radius 2 is 1.68 bits per heavy atom. The third kappa shape index (κ3) is 3.52. The van der Waals surface area contributed by atoms with Crippen LogP contribution < -0.4 is 0 Å². The maximum atomic E-state index is 12.5. The second-order valence-electron chi connectivity index (χ2n) is 4.30. The smallest absolute Gasteiger partial charge is 0.193 e. The van der Waals surface area contributed by atoms with Gasteiger partial charge in [0.25, 0.3) is 0 Å². The van der Waals surface area contributed by atoms with Crippen molar-refractivity contribution in [3.63, 3.8) is 0 Å². The van der Waals surface area contributed by atoms with Crippen molar-refractivity contribution in [2.24, 2.45) is 0 Å². The zero-order valence-electron chi connectivity index (χ0n) is 11.1. The average molecular weight is 254 g/mol. The Bertz CT molecular complexity index is 532. The van der Waals surface area contributed by atoms with Crippen molar-refractivity contribution < 1.29 is 9.53 Å². The zero-order chi connectivity index (χ0) is 13.5. The van der Waals surface area contributed by atoms with Crippen molar-refractivity contribution in [1.29, 1.82) is 0 Å². The minimum Gasteiger partial charge on any atom is -0.381 e. The van der Waals surface area contributed by atoms with E-state index in [9.17, 15) is 4.79 Å². The first-order valence-electron chi connectivity index (χ1n) is 6.58. The number of ether oxygens (including phenoxy) is 1. The summed E-state index contributed by atoms with van der Waals surface area (Å²) in [4.78, 5) is 12.5. The molecule has 0 aliphatic carbocycles. The highest BCUT2D eigenvalue weighted by molar-refractivity contribution is 6.09. The van der Waals surface area contributed by atoms with Gasteiger partial charge >= 0.3 is 0 Å². The Morgan fingerprint density at radius 1 is 1.00 bits per heavy atom. The summed E-state index contributed by atoms with van der Waals surface area (Å²) in [6.07, 6.45) is 0.766. The quantitative estimate of drug-likeness (QED) is 0.582. The molecule has 0 heterocycles. The standard InChI is InChI=1S/C17H18O2/c1-2-19-13-12-14-8-6-7-11-16(14)17(18)15-9-4-3-5-10-15/h3-11H,2,12-13H2,1H3. The van der Waals surface area contributed by atoms with Crippen molar-refractivity contribution in [3.8, 4) is 0 Å². The number of hydrogen-bond donors (Lipinski definition) is 0. The Balaban J connectivity index is 2.22. The molecule has 0 amide bonds. The molecule has 0 aliphatic heterocycles. The van der Waals surface area contributed by atoms with E-state index in [0.717, 1.165) is 23.1 Å². The van der Waals surface area contributed by atoms with Crippen LogP contribution in [0.1, 0.15) is 28.4 Å². The molecule has 98 valence electrons. The summed E-state index contributed by atoms with van der Waals surface area (Å²) in [5, 5.41) is 0. The molecule has 0 saturated heterocycles. The first kappa shape index (κ1) is 13.5. The molecular formula is C17H18O2. The lowest BCUT2D eigenvalue weighted by Crippen LogP contribution is -2.07. The van der Waals surface area contributed by atoms with E-state index in [4.69, 9.17) is 4.74 Å². The SMILES string of the molecule is CCOCCc1ccccc1C(=O)c1ccccc1. The van der Waals surface area contributed by atoms with Crippen molar-refractivity contribution >= 4 is 5.78 Å².